The number of hydrogen-bond acceptors (Lipinski definition) is 4. The van der Waals surface area contributed by atoms with Crippen molar-refractivity contribution >= 4 is 39.7 Å². The van der Waals surface area contributed by atoms with E-state index in [0.717, 1.165) is 26.3 Å². The Balaban J connectivity index is 0.00000220. The highest BCUT2D eigenvalue weighted by atomic mass is 35.5. The predicted molar refractivity (Wildman–Crippen MR) is 91.0 cm³/mol. The number of likely N-dealkylation sites (N-methyl/N-ethyl adjacent to an activating group) is 1. The van der Waals surface area contributed by atoms with Gasteiger partial charge in [0.05, 0.1) is 12.0 Å². The molecule has 0 fully saturated rings. The van der Waals surface area contributed by atoms with Gasteiger partial charge in [0.2, 0.25) is 0 Å². The van der Waals surface area contributed by atoms with Gasteiger partial charge in [0.25, 0.3) is 5.91 Å². The highest BCUT2D eigenvalue weighted by Gasteiger charge is 2.21. The van der Waals surface area contributed by atoms with Crippen molar-refractivity contribution in [2.24, 2.45) is 5.73 Å². The third kappa shape index (κ3) is 3.31. The second kappa shape index (κ2) is 7.11. The number of halogens is 1. The number of fused-ring (bicyclic) bond motifs is 1. The first-order chi connectivity index (χ1) is 9.49. The van der Waals surface area contributed by atoms with Crippen LogP contribution in [-0.4, -0.2) is 37.6 Å². The van der Waals surface area contributed by atoms with E-state index in [0.29, 0.717) is 6.54 Å². The number of ether oxygens (including phenoxy) is 1. The molecule has 2 aromatic rings. The molecule has 6 heteroatoms. The first-order valence-electron chi connectivity index (χ1n) is 6.54. The lowest BCUT2D eigenvalue weighted by atomic mass is 10.1. The number of thiophene rings is 1. The fourth-order valence-electron chi connectivity index (χ4n) is 2.05. The lowest BCUT2D eigenvalue weighted by molar-refractivity contribution is 0.0752. The van der Waals surface area contributed by atoms with Crippen molar-refractivity contribution in [3.05, 3.63) is 28.6 Å². The molecule has 4 nitrogen and oxygen atoms in total. The van der Waals surface area contributed by atoms with Gasteiger partial charge in [0, 0.05) is 24.3 Å². The van der Waals surface area contributed by atoms with Gasteiger partial charge in [-0.2, -0.15) is 0 Å². The fourth-order valence-corrected chi connectivity index (χ4v) is 3.22. The molecule has 0 saturated carbocycles. The van der Waals surface area contributed by atoms with Gasteiger partial charge in [-0.25, -0.2) is 0 Å². The van der Waals surface area contributed by atoms with Crippen LogP contribution in [0.15, 0.2) is 18.2 Å². The minimum absolute atomic E-state index is 0. The zero-order valence-corrected chi connectivity index (χ0v) is 14.3. The molecular weight excluding hydrogens is 308 g/mol. The Morgan fingerprint density at radius 3 is 2.71 bits per heavy atom. The lowest BCUT2D eigenvalue weighted by Gasteiger charge is -2.23. The molecule has 0 saturated heterocycles. The van der Waals surface area contributed by atoms with E-state index < -0.39 is 0 Å². The minimum atomic E-state index is 0. The maximum atomic E-state index is 12.5. The summed E-state index contributed by atoms with van der Waals surface area (Å²) in [6.45, 7) is 4.38. The van der Waals surface area contributed by atoms with Crippen molar-refractivity contribution in [1.29, 1.82) is 0 Å². The standard InChI is InChI=1S/C15H20N2O2S.ClH/c1-9(8-16)17(3)15(18)14-10(2)12-7-11(19-4)5-6-13(12)20-14;/h5-7,9H,8,16H2,1-4H3;1H. The van der Waals surface area contributed by atoms with Crippen molar-refractivity contribution in [2.75, 3.05) is 20.7 Å². The van der Waals surface area contributed by atoms with E-state index >= 15 is 0 Å². The van der Waals surface area contributed by atoms with Gasteiger partial charge in [0.1, 0.15) is 5.75 Å². The number of nitrogens with two attached hydrogens (primary N) is 1. The third-order valence-electron chi connectivity index (χ3n) is 3.66. The van der Waals surface area contributed by atoms with Crippen LogP contribution in [0.1, 0.15) is 22.2 Å². The number of aryl methyl sites for hydroxylation is 1. The molecule has 0 aliphatic rings. The molecule has 1 heterocycles. The highest BCUT2D eigenvalue weighted by molar-refractivity contribution is 7.21. The topological polar surface area (TPSA) is 55.6 Å². The van der Waals surface area contributed by atoms with Crippen LogP contribution >= 0.6 is 23.7 Å². The molecule has 1 unspecified atom stereocenters. The highest BCUT2D eigenvalue weighted by Crippen LogP contribution is 2.34. The van der Waals surface area contributed by atoms with Gasteiger partial charge in [-0.05, 0) is 43.0 Å². The Kier molecular flexibility index (Phi) is 6.01. The van der Waals surface area contributed by atoms with Gasteiger partial charge in [0.15, 0.2) is 0 Å². The zero-order chi connectivity index (χ0) is 14.9. The summed E-state index contributed by atoms with van der Waals surface area (Å²) in [4.78, 5) is 15.0. The van der Waals surface area contributed by atoms with E-state index in [-0.39, 0.29) is 24.4 Å². The maximum Gasteiger partial charge on any atom is 0.264 e. The third-order valence-corrected chi connectivity index (χ3v) is 4.92. The quantitative estimate of drug-likeness (QED) is 0.938. The van der Waals surface area contributed by atoms with Crippen LogP contribution in [0.5, 0.6) is 5.75 Å². The molecule has 2 N–H and O–H groups in total. The second-order valence-electron chi connectivity index (χ2n) is 4.92. The molecule has 1 aromatic heterocycles. The van der Waals surface area contributed by atoms with E-state index in [1.165, 1.54) is 11.3 Å². The van der Waals surface area contributed by atoms with E-state index in [9.17, 15) is 4.79 Å². The summed E-state index contributed by atoms with van der Waals surface area (Å²) in [6, 6.07) is 5.92. The number of amides is 1. The van der Waals surface area contributed by atoms with E-state index in [4.69, 9.17) is 10.5 Å². The number of carbonyl (C=O) groups is 1. The summed E-state index contributed by atoms with van der Waals surface area (Å²) in [5.41, 5.74) is 6.64. The molecule has 116 valence electrons. The largest absolute Gasteiger partial charge is 0.497 e. The molecule has 0 radical (unpaired) electrons. The molecule has 2 rings (SSSR count). The van der Waals surface area contributed by atoms with Crippen molar-refractivity contribution in [1.82, 2.24) is 4.90 Å². The summed E-state index contributed by atoms with van der Waals surface area (Å²) >= 11 is 1.52. The molecule has 1 atom stereocenters. The molecule has 0 aliphatic carbocycles. The summed E-state index contributed by atoms with van der Waals surface area (Å²) < 4.78 is 6.34. The number of hydrogen-bond donors (Lipinski definition) is 1. The summed E-state index contributed by atoms with van der Waals surface area (Å²) in [5.74, 6) is 0.835. The number of nitrogens with zero attached hydrogens (tertiary/aromatic N) is 1. The fraction of sp³-hybridized carbons (Fsp3) is 0.400. The Morgan fingerprint density at radius 2 is 2.14 bits per heavy atom. The van der Waals surface area contributed by atoms with Gasteiger partial charge in [-0.3, -0.25) is 4.79 Å². The van der Waals surface area contributed by atoms with Gasteiger partial charge < -0.3 is 15.4 Å². The number of rotatable bonds is 4. The normalized spacial score (nSPS) is 11.9. The predicted octanol–water partition coefficient (Wildman–Crippen LogP) is 3.06. The van der Waals surface area contributed by atoms with Gasteiger partial charge >= 0.3 is 0 Å². The first-order valence-corrected chi connectivity index (χ1v) is 7.35. The second-order valence-corrected chi connectivity index (χ2v) is 5.97. The van der Waals surface area contributed by atoms with Crippen LogP contribution in [0.4, 0.5) is 0 Å². The number of carbonyl (C=O) groups excluding carboxylic acids is 1. The smallest absolute Gasteiger partial charge is 0.264 e. The molecule has 1 amide bonds. The molecule has 21 heavy (non-hydrogen) atoms. The van der Waals surface area contributed by atoms with Crippen LogP contribution in [0.25, 0.3) is 10.1 Å². The zero-order valence-electron chi connectivity index (χ0n) is 12.7. The van der Waals surface area contributed by atoms with Crippen molar-refractivity contribution in [2.45, 2.75) is 19.9 Å². The Labute approximate surface area is 135 Å². The van der Waals surface area contributed by atoms with E-state index in [1.807, 2.05) is 32.0 Å². The van der Waals surface area contributed by atoms with Crippen LogP contribution in [0.3, 0.4) is 0 Å². The summed E-state index contributed by atoms with van der Waals surface area (Å²) in [7, 11) is 3.44. The van der Waals surface area contributed by atoms with E-state index in [2.05, 4.69) is 0 Å². The Morgan fingerprint density at radius 1 is 1.48 bits per heavy atom. The number of benzene rings is 1. The van der Waals surface area contributed by atoms with Crippen LogP contribution in [0.2, 0.25) is 0 Å². The van der Waals surface area contributed by atoms with Crippen LogP contribution < -0.4 is 10.5 Å². The average Bonchev–Trinajstić information content (AvgIpc) is 2.81. The van der Waals surface area contributed by atoms with Gasteiger partial charge in [-0.1, -0.05) is 0 Å². The SMILES string of the molecule is COc1ccc2sc(C(=O)N(C)C(C)CN)c(C)c2c1.Cl. The maximum absolute atomic E-state index is 12.5. The van der Waals surface area contributed by atoms with Crippen LogP contribution in [0, 0.1) is 6.92 Å². The summed E-state index contributed by atoms with van der Waals surface area (Å²) in [6.07, 6.45) is 0. The first kappa shape index (κ1) is 17.8. The lowest BCUT2D eigenvalue weighted by Crippen LogP contribution is -2.39. The molecular formula is C15H21ClN2O2S. The van der Waals surface area contributed by atoms with Gasteiger partial charge in [-0.15, -0.1) is 23.7 Å². The van der Waals surface area contributed by atoms with Crippen LogP contribution in [-0.2, 0) is 0 Å². The Bertz CT molecular complexity index is 642. The Hall–Kier alpha value is -1.30. The van der Waals surface area contributed by atoms with E-state index in [1.54, 1.807) is 19.1 Å². The number of methoxy groups -OCH3 is 1. The molecule has 0 aliphatic heterocycles. The molecule has 0 spiro atoms. The van der Waals surface area contributed by atoms with Crippen molar-refractivity contribution < 1.29 is 9.53 Å². The average molecular weight is 329 g/mol. The van der Waals surface area contributed by atoms with Crippen molar-refractivity contribution in [3.63, 3.8) is 0 Å². The molecule has 1 aromatic carbocycles. The minimum Gasteiger partial charge on any atom is -0.497 e. The summed E-state index contributed by atoms with van der Waals surface area (Å²) in [5, 5.41) is 1.08. The monoisotopic (exact) mass is 328 g/mol. The molecule has 0 bridgehead atoms. The van der Waals surface area contributed by atoms with Crippen molar-refractivity contribution in [3.8, 4) is 5.75 Å².